The predicted octanol–water partition coefficient (Wildman–Crippen LogP) is 6.97. The number of amides is 3. The molecule has 3 rings (SSSR count). The minimum absolute atomic E-state index is 0.0976. The van der Waals surface area contributed by atoms with Crippen LogP contribution in [0.2, 0.25) is 0 Å². The van der Waals surface area contributed by atoms with E-state index in [0.29, 0.717) is 5.92 Å². The molecular formula is C35H51N3O4. The first-order valence-electron chi connectivity index (χ1n) is 15.7. The summed E-state index contributed by atoms with van der Waals surface area (Å²) in [6, 6.07) is 17.3. The zero-order chi connectivity index (χ0) is 30.7. The fourth-order valence-electron chi connectivity index (χ4n) is 5.59. The molecule has 7 heteroatoms. The van der Waals surface area contributed by atoms with E-state index in [1.54, 1.807) is 25.7 Å². The highest BCUT2D eigenvalue weighted by molar-refractivity contribution is 5.92. The van der Waals surface area contributed by atoms with Gasteiger partial charge >= 0.3 is 6.09 Å². The smallest absolute Gasteiger partial charge is 0.408 e. The Morgan fingerprint density at radius 3 is 2.05 bits per heavy atom. The molecule has 1 fully saturated rings. The molecule has 0 aromatic heterocycles. The van der Waals surface area contributed by atoms with Gasteiger partial charge in [-0.2, -0.15) is 0 Å². The highest BCUT2D eigenvalue weighted by Gasteiger charge is 2.39. The normalized spacial score (nSPS) is 16.3. The maximum Gasteiger partial charge on any atom is 0.408 e. The number of hydrogen-bond acceptors (Lipinski definition) is 4. The van der Waals surface area contributed by atoms with Gasteiger partial charge in [-0.15, -0.1) is 0 Å². The maximum absolute atomic E-state index is 14.7. The first-order chi connectivity index (χ1) is 19.9. The molecule has 2 aromatic rings. The fourth-order valence-corrected chi connectivity index (χ4v) is 5.59. The van der Waals surface area contributed by atoms with Gasteiger partial charge in [0.2, 0.25) is 11.8 Å². The summed E-state index contributed by atoms with van der Waals surface area (Å²) in [4.78, 5) is 43.6. The van der Waals surface area contributed by atoms with Crippen LogP contribution in [0.4, 0.5) is 4.79 Å². The van der Waals surface area contributed by atoms with Crippen molar-refractivity contribution in [3.05, 3.63) is 71.8 Å². The lowest BCUT2D eigenvalue weighted by atomic mass is 9.93. The molecule has 3 atom stereocenters. The van der Waals surface area contributed by atoms with Gasteiger partial charge in [0.15, 0.2) is 0 Å². The van der Waals surface area contributed by atoms with E-state index in [4.69, 9.17) is 4.74 Å². The summed E-state index contributed by atoms with van der Waals surface area (Å²) in [5.41, 5.74) is 0.942. The molecule has 2 N–H and O–H groups in total. The summed E-state index contributed by atoms with van der Waals surface area (Å²) < 4.78 is 5.57. The molecule has 0 saturated heterocycles. The van der Waals surface area contributed by atoms with E-state index in [1.165, 1.54) is 6.42 Å². The van der Waals surface area contributed by atoms with Gasteiger partial charge in [0, 0.05) is 18.5 Å². The van der Waals surface area contributed by atoms with E-state index in [9.17, 15) is 14.4 Å². The van der Waals surface area contributed by atoms with Crippen molar-refractivity contribution in [2.45, 2.75) is 123 Å². The average molecular weight is 578 g/mol. The molecular weight excluding hydrogens is 526 g/mol. The van der Waals surface area contributed by atoms with Crippen molar-refractivity contribution in [2.24, 2.45) is 5.92 Å². The van der Waals surface area contributed by atoms with Crippen LogP contribution >= 0.6 is 0 Å². The minimum Gasteiger partial charge on any atom is -0.444 e. The molecule has 7 nitrogen and oxygen atoms in total. The van der Waals surface area contributed by atoms with Gasteiger partial charge in [-0.25, -0.2) is 4.79 Å². The molecule has 1 aliphatic carbocycles. The number of ether oxygens (including phenoxy) is 1. The van der Waals surface area contributed by atoms with Crippen molar-refractivity contribution in [1.82, 2.24) is 15.5 Å². The Kier molecular flexibility index (Phi) is 12.4. The Labute approximate surface area is 252 Å². The van der Waals surface area contributed by atoms with Gasteiger partial charge in [-0.1, -0.05) is 93.8 Å². The molecule has 0 radical (unpaired) electrons. The van der Waals surface area contributed by atoms with Crippen molar-refractivity contribution in [3.8, 4) is 0 Å². The lowest BCUT2D eigenvalue weighted by Gasteiger charge is -2.39. The van der Waals surface area contributed by atoms with E-state index in [2.05, 4.69) is 24.5 Å². The SMILES string of the molecule is CC(C)CCC(C)N(C(=O)C(Cc1ccccc1)NC(=O)OC(C)(C)C)C(C(=O)NC1CCCCC1)c1ccccc1. The van der Waals surface area contributed by atoms with E-state index in [1.807, 2.05) is 67.6 Å². The number of carbonyl (C=O) groups excluding carboxylic acids is 3. The van der Waals surface area contributed by atoms with Gasteiger partial charge in [0.25, 0.3) is 0 Å². The molecule has 3 unspecified atom stereocenters. The summed E-state index contributed by atoms with van der Waals surface area (Å²) in [6.07, 6.45) is 6.51. The van der Waals surface area contributed by atoms with Gasteiger partial charge in [-0.05, 0) is 70.4 Å². The molecule has 0 spiro atoms. The van der Waals surface area contributed by atoms with Gasteiger partial charge < -0.3 is 20.3 Å². The summed E-state index contributed by atoms with van der Waals surface area (Å²) in [5.74, 6) is -0.0298. The second-order valence-corrected chi connectivity index (χ2v) is 13.1. The van der Waals surface area contributed by atoms with Crippen LogP contribution in [0.5, 0.6) is 0 Å². The summed E-state index contributed by atoms with van der Waals surface area (Å²) in [7, 11) is 0. The fraction of sp³-hybridized carbons (Fsp3) is 0.571. The number of benzene rings is 2. The number of carbonyl (C=O) groups is 3. The van der Waals surface area contributed by atoms with Crippen LogP contribution in [0, 0.1) is 5.92 Å². The van der Waals surface area contributed by atoms with Crippen molar-refractivity contribution < 1.29 is 19.1 Å². The summed E-state index contributed by atoms with van der Waals surface area (Å²) in [5, 5.41) is 6.15. The second-order valence-electron chi connectivity index (χ2n) is 13.1. The van der Waals surface area contributed by atoms with Crippen molar-refractivity contribution in [2.75, 3.05) is 0 Å². The molecule has 3 amide bonds. The Hall–Kier alpha value is -3.35. The molecule has 230 valence electrons. The van der Waals surface area contributed by atoms with Crippen LogP contribution in [-0.2, 0) is 20.7 Å². The van der Waals surface area contributed by atoms with E-state index >= 15 is 0 Å². The zero-order valence-electron chi connectivity index (χ0n) is 26.4. The third kappa shape index (κ3) is 10.5. The molecule has 42 heavy (non-hydrogen) atoms. The number of hydrogen-bond donors (Lipinski definition) is 2. The monoisotopic (exact) mass is 577 g/mol. The van der Waals surface area contributed by atoms with Gasteiger partial charge in [-0.3, -0.25) is 9.59 Å². The molecule has 1 aliphatic rings. The Bertz CT molecular complexity index is 1120. The predicted molar refractivity (Wildman–Crippen MR) is 168 cm³/mol. The van der Waals surface area contributed by atoms with Crippen molar-refractivity contribution in [1.29, 1.82) is 0 Å². The summed E-state index contributed by atoms with van der Waals surface area (Å²) in [6.45, 7) is 11.7. The van der Waals surface area contributed by atoms with Crippen molar-refractivity contribution in [3.63, 3.8) is 0 Å². The topological polar surface area (TPSA) is 87.7 Å². The number of nitrogens with one attached hydrogen (secondary N) is 2. The number of rotatable bonds is 12. The molecule has 1 saturated carbocycles. The highest BCUT2D eigenvalue weighted by atomic mass is 16.6. The molecule has 2 aromatic carbocycles. The van der Waals surface area contributed by atoms with E-state index < -0.39 is 23.8 Å². The van der Waals surface area contributed by atoms with Crippen LogP contribution in [0.1, 0.15) is 104 Å². The quantitative estimate of drug-likeness (QED) is 0.285. The third-order valence-electron chi connectivity index (χ3n) is 7.76. The Morgan fingerprint density at radius 2 is 1.48 bits per heavy atom. The Balaban J connectivity index is 2.04. The zero-order valence-corrected chi connectivity index (χ0v) is 26.4. The average Bonchev–Trinajstić information content (AvgIpc) is 2.94. The van der Waals surface area contributed by atoms with Crippen LogP contribution in [-0.4, -0.2) is 46.5 Å². The standard InChI is InChI=1S/C35H51N3O4/c1-25(2)22-23-26(3)38(31(28-18-12-8-13-19-28)32(39)36-29-20-14-9-15-21-29)33(40)30(24-27-16-10-7-11-17-27)37-34(41)42-35(4,5)6/h7-8,10-13,16-19,25-26,29-31H,9,14-15,20-24H2,1-6H3,(H,36,39)(H,37,41). The van der Waals surface area contributed by atoms with E-state index in [-0.39, 0.29) is 30.3 Å². The molecule has 0 bridgehead atoms. The van der Waals surface area contributed by atoms with E-state index in [0.717, 1.165) is 49.7 Å². The lowest BCUT2D eigenvalue weighted by molar-refractivity contribution is -0.145. The van der Waals surface area contributed by atoms with Crippen LogP contribution < -0.4 is 10.6 Å². The first-order valence-corrected chi connectivity index (χ1v) is 15.7. The largest absolute Gasteiger partial charge is 0.444 e. The Morgan fingerprint density at radius 1 is 0.881 bits per heavy atom. The van der Waals surface area contributed by atoms with Gasteiger partial charge in [0.05, 0.1) is 0 Å². The molecule has 0 aliphatic heterocycles. The third-order valence-corrected chi connectivity index (χ3v) is 7.76. The highest BCUT2D eigenvalue weighted by Crippen LogP contribution is 2.29. The van der Waals surface area contributed by atoms with Crippen molar-refractivity contribution >= 4 is 17.9 Å². The van der Waals surface area contributed by atoms with Crippen LogP contribution in [0.15, 0.2) is 60.7 Å². The summed E-state index contributed by atoms with van der Waals surface area (Å²) >= 11 is 0. The first kappa shape index (κ1) is 33.2. The maximum atomic E-state index is 14.7. The minimum atomic E-state index is -0.919. The number of nitrogens with zero attached hydrogens (tertiary/aromatic N) is 1. The van der Waals surface area contributed by atoms with Crippen LogP contribution in [0.3, 0.4) is 0 Å². The lowest BCUT2D eigenvalue weighted by Crippen LogP contribution is -2.57. The van der Waals surface area contributed by atoms with Crippen LogP contribution in [0.25, 0.3) is 0 Å². The van der Waals surface area contributed by atoms with Gasteiger partial charge in [0.1, 0.15) is 17.7 Å². The molecule has 0 heterocycles. The second kappa shape index (κ2) is 15.8. The number of alkyl carbamates (subject to hydrolysis) is 1.